The van der Waals surface area contributed by atoms with Crippen molar-refractivity contribution in [2.75, 3.05) is 35.0 Å². The van der Waals surface area contributed by atoms with Gasteiger partial charge in [-0.1, -0.05) is 6.07 Å². The molecule has 2 atom stereocenters. The Morgan fingerprint density at radius 1 is 1.00 bits per heavy atom. The van der Waals surface area contributed by atoms with Gasteiger partial charge in [0.2, 0.25) is 0 Å². The zero-order valence-corrected chi connectivity index (χ0v) is 15.4. The van der Waals surface area contributed by atoms with E-state index in [1.54, 1.807) is 34.5 Å². The lowest BCUT2D eigenvalue weighted by Crippen LogP contribution is -2.48. The predicted octanol–water partition coefficient (Wildman–Crippen LogP) is 2.77. The van der Waals surface area contributed by atoms with E-state index >= 15 is 0 Å². The lowest BCUT2D eigenvalue weighted by molar-refractivity contribution is -0.129. The average molecular weight is 360 g/mol. The van der Waals surface area contributed by atoms with Crippen LogP contribution in [0.4, 0.5) is 0 Å². The van der Waals surface area contributed by atoms with E-state index in [9.17, 15) is 5.11 Å². The highest BCUT2D eigenvalue weighted by atomic mass is 16.5. The Morgan fingerprint density at radius 2 is 1.77 bits per heavy atom. The van der Waals surface area contributed by atoms with Crippen molar-refractivity contribution in [2.45, 2.75) is 18.1 Å². The van der Waals surface area contributed by atoms with Crippen LogP contribution in [0.3, 0.4) is 0 Å². The minimum absolute atomic E-state index is 0.111. The molecule has 26 heavy (non-hydrogen) atoms. The van der Waals surface area contributed by atoms with Crippen LogP contribution in [0.25, 0.3) is 0 Å². The number of methoxy groups -OCH3 is 4. The van der Waals surface area contributed by atoms with Crippen LogP contribution in [0.1, 0.15) is 17.2 Å². The SMILES string of the molecule is COc1ccc2c(c1)OC[C@](O)(Cc1ccc(OC)c(OC)c1)[C@@H]2OC. The Morgan fingerprint density at radius 3 is 2.42 bits per heavy atom. The number of hydrogen-bond acceptors (Lipinski definition) is 6. The van der Waals surface area contributed by atoms with Gasteiger partial charge in [-0.3, -0.25) is 0 Å². The summed E-state index contributed by atoms with van der Waals surface area (Å²) in [5.41, 5.74) is 0.478. The summed E-state index contributed by atoms with van der Waals surface area (Å²) < 4.78 is 27.3. The van der Waals surface area contributed by atoms with Crippen LogP contribution in [-0.4, -0.2) is 45.8 Å². The molecule has 0 aliphatic carbocycles. The van der Waals surface area contributed by atoms with Gasteiger partial charge in [-0.05, 0) is 29.8 Å². The summed E-state index contributed by atoms with van der Waals surface area (Å²) in [5, 5.41) is 11.3. The average Bonchev–Trinajstić information content (AvgIpc) is 2.67. The normalized spacial score (nSPS) is 21.5. The smallest absolute Gasteiger partial charge is 0.160 e. The maximum atomic E-state index is 11.3. The molecule has 1 heterocycles. The molecule has 0 saturated heterocycles. The quantitative estimate of drug-likeness (QED) is 0.854. The Balaban J connectivity index is 1.91. The van der Waals surface area contributed by atoms with Crippen molar-refractivity contribution in [3.05, 3.63) is 47.5 Å². The third kappa shape index (κ3) is 3.30. The van der Waals surface area contributed by atoms with Gasteiger partial charge in [0.15, 0.2) is 11.5 Å². The number of fused-ring (bicyclic) bond motifs is 1. The van der Waals surface area contributed by atoms with Gasteiger partial charge in [0.25, 0.3) is 0 Å². The molecule has 6 heteroatoms. The molecule has 1 aliphatic rings. The molecule has 140 valence electrons. The summed E-state index contributed by atoms with van der Waals surface area (Å²) in [5.74, 6) is 2.62. The summed E-state index contributed by atoms with van der Waals surface area (Å²) in [6.07, 6.45) is -0.178. The van der Waals surface area contributed by atoms with E-state index in [-0.39, 0.29) is 6.61 Å². The van der Waals surface area contributed by atoms with Crippen molar-refractivity contribution >= 4 is 0 Å². The van der Waals surface area contributed by atoms with Gasteiger partial charge in [-0.15, -0.1) is 0 Å². The molecule has 1 N–H and O–H groups in total. The van der Waals surface area contributed by atoms with Crippen molar-refractivity contribution in [2.24, 2.45) is 0 Å². The van der Waals surface area contributed by atoms with Gasteiger partial charge >= 0.3 is 0 Å². The highest BCUT2D eigenvalue weighted by molar-refractivity contribution is 5.46. The first kappa shape index (κ1) is 18.4. The number of hydrogen-bond donors (Lipinski definition) is 1. The third-order valence-electron chi connectivity index (χ3n) is 4.66. The number of ether oxygens (including phenoxy) is 5. The van der Waals surface area contributed by atoms with Crippen molar-refractivity contribution < 1.29 is 28.8 Å². The van der Waals surface area contributed by atoms with Crippen molar-refractivity contribution in [3.8, 4) is 23.0 Å². The molecule has 2 aromatic carbocycles. The fraction of sp³-hybridized carbons (Fsp3) is 0.400. The van der Waals surface area contributed by atoms with Crippen LogP contribution in [-0.2, 0) is 11.2 Å². The molecule has 0 saturated carbocycles. The van der Waals surface area contributed by atoms with Gasteiger partial charge in [-0.2, -0.15) is 0 Å². The fourth-order valence-corrected chi connectivity index (χ4v) is 3.39. The highest BCUT2D eigenvalue weighted by Gasteiger charge is 2.44. The van der Waals surface area contributed by atoms with Crippen LogP contribution in [0.5, 0.6) is 23.0 Å². The van der Waals surface area contributed by atoms with Gasteiger partial charge < -0.3 is 28.8 Å². The molecule has 2 aromatic rings. The Kier molecular flexibility index (Phi) is 5.25. The molecule has 0 radical (unpaired) electrons. The Bertz CT molecular complexity index is 775. The second kappa shape index (κ2) is 7.43. The van der Waals surface area contributed by atoms with Crippen LogP contribution in [0.2, 0.25) is 0 Å². The minimum atomic E-state index is -1.21. The molecule has 0 bridgehead atoms. The Hall–Kier alpha value is -2.44. The summed E-state index contributed by atoms with van der Waals surface area (Å²) in [4.78, 5) is 0. The summed E-state index contributed by atoms with van der Waals surface area (Å²) in [6, 6.07) is 11.1. The monoisotopic (exact) mass is 360 g/mol. The topological polar surface area (TPSA) is 66.4 Å². The van der Waals surface area contributed by atoms with Gasteiger partial charge in [0.1, 0.15) is 29.8 Å². The van der Waals surface area contributed by atoms with E-state index in [2.05, 4.69) is 0 Å². The lowest BCUT2D eigenvalue weighted by Gasteiger charge is -2.40. The molecule has 3 rings (SSSR count). The third-order valence-corrected chi connectivity index (χ3v) is 4.66. The molecule has 0 fully saturated rings. The molecular formula is C20H24O6. The first-order chi connectivity index (χ1) is 12.5. The largest absolute Gasteiger partial charge is 0.497 e. The molecule has 0 unspecified atom stereocenters. The number of benzene rings is 2. The molecule has 0 aromatic heterocycles. The van der Waals surface area contributed by atoms with E-state index < -0.39 is 11.7 Å². The van der Waals surface area contributed by atoms with Gasteiger partial charge in [-0.25, -0.2) is 0 Å². The second-order valence-electron chi connectivity index (χ2n) is 6.28. The van der Waals surface area contributed by atoms with E-state index in [1.165, 1.54) is 0 Å². The van der Waals surface area contributed by atoms with Crippen molar-refractivity contribution in [3.63, 3.8) is 0 Å². The highest BCUT2D eigenvalue weighted by Crippen LogP contribution is 2.43. The van der Waals surface area contributed by atoms with E-state index in [0.29, 0.717) is 29.4 Å². The Labute approximate surface area is 153 Å². The first-order valence-corrected chi connectivity index (χ1v) is 8.31. The predicted molar refractivity (Wildman–Crippen MR) is 96.4 cm³/mol. The van der Waals surface area contributed by atoms with Crippen LogP contribution < -0.4 is 18.9 Å². The fourth-order valence-electron chi connectivity index (χ4n) is 3.39. The second-order valence-corrected chi connectivity index (χ2v) is 6.28. The summed E-state index contributed by atoms with van der Waals surface area (Å²) in [7, 11) is 6.36. The van der Waals surface area contributed by atoms with Gasteiger partial charge in [0, 0.05) is 25.2 Å². The minimum Gasteiger partial charge on any atom is -0.497 e. The number of aliphatic hydroxyl groups is 1. The zero-order valence-electron chi connectivity index (χ0n) is 15.4. The first-order valence-electron chi connectivity index (χ1n) is 8.31. The van der Waals surface area contributed by atoms with E-state index in [0.717, 1.165) is 11.1 Å². The summed E-state index contributed by atoms with van der Waals surface area (Å²) >= 11 is 0. The van der Waals surface area contributed by atoms with Crippen LogP contribution in [0, 0.1) is 0 Å². The van der Waals surface area contributed by atoms with Crippen LogP contribution in [0.15, 0.2) is 36.4 Å². The zero-order chi connectivity index (χ0) is 18.7. The number of rotatable bonds is 6. The maximum Gasteiger partial charge on any atom is 0.160 e. The molecule has 1 aliphatic heterocycles. The standard InChI is InChI=1S/C20H24O6/c1-22-14-6-7-15-17(10-14)26-12-20(21,19(15)25-4)11-13-5-8-16(23-2)18(9-13)24-3/h5-10,19,21H,11-12H2,1-4H3/t19-,20-/m1/s1. The maximum absolute atomic E-state index is 11.3. The molecule has 0 amide bonds. The van der Waals surface area contributed by atoms with Gasteiger partial charge in [0.05, 0.1) is 21.3 Å². The van der Waals surface area contributed by atoms with E-state index in [1.807, 2.05) is 30.3 Å². The van der Waals surface area contributed by atoms with Crippen LogP contribution >= 0.6 is 0 Å². The molecular weight excluding hydrogens is 336 g/mol. The van der Waals surface area contributed by atoms with Crippen molar-refractivity contribution in [1.82, 2.24) is 0 Å². The van der Waals surface area contributed by atoms with E-state index in [4.69, 9.17) is 23.7 Å². The summed E-state index contributed by atoms with van der Waals surface area (Å²) in [6.45, 7) is 0.111. The lowest BCUT2D eigenvalue weighted by atomic mass is 9.83. The molecule has 6 nitrogen and oxygen atoms in total. The molecule has 0 spiro atoms. The van der Waals surface area contributed by atoms with Crippen molar-refractivity contribution in [1.29, 1.82) is 0 Å².